The van der Waals surface area contributed by atoms with E-state index in [1.807, 2.05) is 28.8 Å². The van der Waals surface area contributed by atoms with Crippen LogP contribution in [0.4, 0.5) is 5.69 Å². The molecule has 7 heteroatoms. The highest BCUT2D eigenvalue weighted by atomic mass is 16.3. The molecule has 0 saturated heterocycles. The molecule has 130 valence electrons. The molecule has 26 heavy (non-hydrogen) atoms. The van der Waals surface area contributed by atoms with E-state index in [-0.39, 0.29) is 11.8 Å². The summed E-state index contributed by atoms with van der Waals surface area (Å²) in [5.74, 6) is 0.908. The monoisotopic (exact) mass is 347 g/mol. The van der Waals surface area contributed by atoms with E-state index in [0.717, 1.165) is 46.8 Å². The van der Waals surface area contributed by atoms with E-state index in [0.29, 0.717) is 13.1 Å². The summed E-state index contributed by atoms with van der Waals surface area (Å²) in [5, 5.41) is 11.0. The van der Waals surface area contributed by atoms with Crippen LogP contribution in [0.3, 0.4) is 0 Å². The summed E-state index contributed by atoms with van der Waals surface area (Å²) in [6, 6.07) is 7.87. The molecule has 0 saturated carbocycles. The summed E-state index contributed by atoms with van der Waals surface area (Å²) < 4.78 is 7.13. The van der Waals surface area contributed by atoms with Gasteiger partial charge in [-0.05, 0) is 30.2 Å². The van der Waals surface area contributed by atoms with Crippen LogP contribution in [0, 0.1) is 5.92 Å². The van der Waals surface area contributed by atoms with E-state index in [2.05, 4.69) is 20.5 Å². The molecule has 1 N–H and O–H groups in total. The number of carbonyl (C=O) groups excluding carboxylic acids is 1. The predicted molar refractivity (Wildman–Crippen MR) is 95.0 cm³/mol. The quantitative estimate of drug-likeness (QED) is 0.788. The Bertz CT molecular complexity index is 1000. The van der Waals surface area contributed by atoms with E-state index < -0.39 is 0 Å². The minimum absolute atomic E-state index is 0.0316. The highest BCUT2D eigenvalue weighted by molar-refractivity contribution is 6.15. The van der Waals surface area contributed by atoms with Gasteiger partial charge in [0.2, 0.25) is 5.91 Å². The summed E-state index contributed by atoms with van der Waals surface area (Å²) in [6.07, 6.45) is 6.59. The molecule has 0 spiro atoms. The number of hydrogen-bond acceptors (Lipinski definition) is 5. The van der Waals surface area contributed by atoms with Crippen LogP contribution in [-0.4, -0.2) is 26.4 Å². The molecule has 7 nitrogen and oxygen atoms in total. The number of fused-ring (bicyclic) bond motifs is 2. The number of aryl methyl sites for hydroxylation is 1. The molecule has 5 rings (SSSR count). The lowest BCUT2D eigenvalue weighted by Gasteiger charge is -2.22. The summed E-state index contributed by atoms with van der Waals surface area (Å²) in [5.41, 5.74) is 4.87. The lowest BCUT2D eigenvalue weighted by atomic mass is 9.98. The molecule has 0 radical (unpaired) electrons. The van der Waals surface area contributed by atoms with Gasteiger partial charge in [0.25, 0.3) is 0 Å². The number of nitrogens with zero attached hydrogens (tertiary/aromatic N) is 4. The second-order valence-electron chi connectivity index (χ2n) is 6.67. The van der Waals surface area contributed by atoms with Gasteiger partial charge in [-0.25, -0.2) is 0 Å². The Morgan fingerprint density at radius 1 is 1.31 bits per heavy atom. The number of rotatable bonds is 3. The van der Waals surface area contributed by atoms with Crippen LogP contribution in [0.15, 0.2) is 52.5 Å². The highest BCUT2D eigenvalue weighted by Crippen LogP contribution is 2.27. The van der Waals surface area contributed by atoms with E-state index in [4.69, 9.17) is 4.42 Å². The zero-order chi connectivity index (χ0) is 17.5. The van der Waals surface area contributed by atoms with E-state index in [1.54, 1.807) is 18.9 Å². The maximum absolute atomic E-state index is 12.7. The minimum atomic E-state index is -0.0752. The van der Waals surface area contributed by atoms with Crippen LogP contribution in [-0.2, 0) is 24.3 Å². The van der Waals surface area contributed by atoms with Crippen LogP contribution >= 0.6 is 0 Å². The normalized spacial score (nSPS) is 18.2. The molecule has 2 aromatic heterocycles. The maximum atomic E-state index is 12.7. The Balaban J connectivity index is 1.35. The van der Waals surface area contributed by atoms with Crippen molar-refractivity contribution in [3.8, 4) is 0 Å². The van der Waals surface area contributed by atoms with Gasteiger partial charge in [-0.3, -0.25) is 9.79 Å². The first kappa shape index (κ1) is 15.1. The van der Waals surface area contributed by atoms with Crippen molar-refractivity contribution < 1.29 is 9.21 Å². The second-order valence-corrected chi connectivity index (χ2v) is 6.67. The molecule has 1 aromatic carbocycles. The largest absolute Gasteiger partial charge is 0.472 e. The number of furan rings is 1. The van der Waals surface area contributed by atoms with E-state index in [9.17, 15) is 4.79 Å². The van der Waals surface area contributed by atoms with E-state index >= 15 is 0 Å². The number of anilines is 1. The molecule has 3 aromatic rings. The van der Waals surface area contributed by atoms with Crippen molar-refractivity contribution in [2.45, 2.75) is 25.9 Å². The smallest absolute Gasteiger partial charge is 0.229 e. The summed E-state index contributed by atoms with van der Waals surface area (Å²) >= 11 is 0. The van der Waals surface area contributed by atoms with Gasteiger partial charge < -0.3 is 14.3 Å². The van der Waals surface area contributed by atoms with Crippen molar-refractivity contribution in [1.29, 1.82) is 0 Å². The number of nitrogens with one attached hydrogen (secondary N) is 1. The zero-order valence-electron chi connectivity index (χ0n) is 14.1. The van der Waals surface area contributed by atoms with Crippen LogP contribution in [0.5, 0.6) is 0 Å². The Morgan fingerprint density at radius 3 is 3.15 bits per heavy atom. The zero-order valence-corrected chi connectivity index (χ0v) is 14.1. The van der Waals surface area contributed by atoms with E-state index in [1.165, 1.54) is 0 Å². The van der Waals surface area contributed by atoms with Gasteiger partial charge in [0.1, 0.15) is 12.2 Å². The van der Waals surface area contributed by atoms with Gasteiger partial charge in [-0.2, -0.15) is 0 Å². The number of aliphatic imine (C=N–C) groups is 1. The lowest BCUT2D eigenvalue weighted by Crippen LogP contribution is -2.31. The van der Waals surface area contributed by atoms with Crippen molar-refractivity contribution in [3.05, 3.63) is 65.6 Å². The standard InChI is InChI=1S/C19H17N5O2/c25-19(13-2-4-17-23-21-11-24(17)9-13)22-15-3-1-12-8-20-18(16(12)7-15)14-5-6-26-10-14/h1,3,5-7,10-11,13H,2,4,8-9H2,(H,22,25)/t13-/m0/s1. The van der Waals surface area contributed by atoms with Crippen LogP contribution in [0.2, 0.25) is 0 Å². The fraction of sp³-hybridized carbons (Fsp3) is 0.263. The topological polar surface area (TPSA) is 85.3 Å². The molecule has 0 bridgehead atoms. The SMILES string of the molecule is O=C(Nc1ccc2c(c1)C(c1ccoc1)=NC2)[C@H]1CCc2nncn2C1. The van der Waals surface area contributed by atoms with Crippen LogP contribution in [0.1, 0.15) is 28.9 Å². The molecule has 1 atom stereocenters. The number of hydrogen-bond donors (Lipinski definition) is 1. The average molecular weight is 347 g/mol. The molecular weight excluding hydrogens is 330 g/mol. The summed E-state index contributed by atoms with van der Waals surface area (Å²) in [7, 11) is 0. The first-order valence-corrected chi connectivity index (χ1v) is 8.66. The first-order chi connectivity index (χ1) is 12.8. The van der Waals surface area contributed by atoms with Crippen molar-refractivity contribution >= 4 is 17.3 Å². The van der Waals surface area contributed by atoms with Crippen LogP contribution < -0.4 is 5.32 Å². The molecule has 0 aliphatic carbocycles. The van der Waals surface area contributed by atoms with Gasteiger partial charge >= 0.3 is 0 Å². The van der Waals surface area contributed by atoms with Crippen molar-refractivity contribution in [2.75, 3.05) is 5.32 Å². The molecule has 0 unspecified atom stereocenters. The third kappa shape index (κ3) is 2.52. The predicted octanol–water partition coefficient (Wildman–Crippen LogP) is 2.42. The Morgan fingerprint density at radius 2 is 2.27 bits per heavy atom. The molecular formula is C19H17N5O2. The lowest BCUT2D eigenvalue weighted by molar-refractivity contribution is -0.120. The fourth-order valence-corrected chi connectivity index (χ4v) is 3.62. The minimum Gasteiger partial charge on any atom is -0.472 e. The fourth-order valence-electron chi connectivity index (χ4n) is 3.62. The molecule has 2 aliphatic rings. The Kier molecular flexibility index (Phi) is 3.44. The Labute approximate surface area is 149 Å². The van der Waals surface area contributed by atoms with Crippen LogP contribution in [0.25, 0.3) is 0 Å². The van der Waals surface area contributed by atoms with Crippen molar-refractivity contribution in [1.82, 2.24) is 14.8 Å². The van der Waals surface area contributed by atoms with Gasteiger partial charge in [0, 0.05) is 29.8 Å². The van der Waals surface area contributed by atoms with Gasteiger partial charge in [-0.15, -0.1) is 10.2 Å². The highest BCUT2D eigenvalue weighted by Gasteiger charge is 2.26. The molecule has 1 amide bonds. The molecule has 2 aliphatic heterocycles. The summed E-state index contributed by atoms with van der Waals surface area (Å²) in [6.45, 7) is 1.28. The summed E-state index contributed by atoms with van der Waals surface area (Å²) in [4.78, 5) is 17.3. The molecule has 0 fully saturated rings. The number of benzene rings is 1. The van der Waals surface area contributed by atoms with Crippen molar-refractivity contribution in [2.24, 2.45) is 10.9 Å². The van der Waals surface area contributed by atoms with Gasteiger partial charge in [-0.1, -0.05) is 6.07 Å². The number of carbonyl (C=O) groups is 1. The third-order valence-electron chi connectivity index (χ3n) is 5.03. The van der Waals surface area contributed by atoms with Gasteiger partial charge in [0.05, 0.1) is 30.7 Å². The Hall–Kier alpha value is -3.22. The first-order valence-electron chi connectivity index (χ1n) is 8.66. The maximum Gasteiger partial charge on any atom is 0.229 e. The number of aromatic nitrogens is 3. The number of amides is 1. The molecule has 4 heterocycles. The third-order valence-corrected chi connectivity index (χ3v) is 5.03. The average Bonchev–Trinajstić information content (AvgIpc) is 3.40. The second kappa shape index (κ2) is 5.94. The van der Waals surface area contributed by atoms with Crippen molar-refractivity contribution in [3.63, 3.8) is 0 Å². The van der Waals surface area contributed by atoms with Gasteiger partial charge in [0.15, 0.2) is 0 Å².